The Bertz CT molecular complexity index is 591. The Morgan fingerprint density at radius 3 is 2.89 bits per heavy atom. The van der Waals surface area contributed by atoms with Gasteiger partial charge in [-0.05, 0) is 18.8 Å². The molecular formula is C12H14N4OS. The van der Waals surface area contributed by atoms with Gasteiger partial charge in [-0.1, -0.05) is 6.42 Å². The van der Waals surface area contributed by atoms with Gasteiger partial charge in [-0.25, -0.2) is 9.97 Å². The van der Waals surface area contributed by atoms with E-state index < -0.39 is 0 Å². The van der Waals surface area contributed by atoms with Gasteiger partial charge in [-0.15, -0.1) is 11.3 Å². The molecule has 3 rings (SSSR count). The topological polar surface area (TPSA) is 80.9 Å². The molecule has 1 saturated carbocycles. The van der Waals surface area contributed by atoms with Crippen LogP contribution in [0.5, 0.6) is 0 Å². The van der Waals surface area contributed by atoms with Crippen LogP contribution in [0, 0.1) is 5.92 Å². The van der Waals surface area contributed by atoms with Crippen molar-refractivity contribution in [3.05, 3.63) is 17.3 Å². The van der Waals surface area contributed by atoms with E-state index in [9.17, 15) is 4.79 Å². The van der Waals surface area contributed by atoms with Crippen LogP contribution in [0.2, 0.25) is 0 Å². The second-order valence-corrected chi connectivity index (χ2v) is 5.56. The van der Waals surface area contributed by atoms with Crippen molar-refractivity contribution in [3.63, 3.8) is 0 Å². The first-order valence-electron chi connectivity index (χ1n) is 6.03. The highest BCUT2D eigenvalue weighted by Crippen LogP contribution is 2.30. The van der Waals surface area contributed by atoms with Crippen molar-refractivity contribution >= 4 is 33.3 Å². The molecule has 0 spiro atoms. The van der Waals surface area contributed by atoms with Gasteiger partial charge in [0.05, 0.1) is 5.69 Å². The predicted octanol–water partition coefficient (Wildman–Crippen LogP) is 1.80. The molecule has 0 aliphatic heterocycles. The maximum absolute atomic E-state index is 12.0. The van der Waals surface area contributed by atoms with Crippen LogP contribution in [-0.2, 0) is 0 Å². The lowest BCUT2D eigenvalue weighted by molar-refractivity contribution is 0.0944. The number of nitrogen functional groups attached to an aromatic ring is 1. The van der Waals surface area contributed by atoms with Gasteiger partial charge in [0.25, 0.3) is 5.91 Å². The van der Waals surface area contributed by atoms with Gasteiger partial charge >= 0.3 is 0 Å². The van der Waals surface area contributed by atoms with E-state index in [1.165, 1.54) is 30.6 Å². The third-order valence-electron chi connectivity index (χ3n) is 3.35. The summed E-state index contributed by atoms with van der Waals surface area (Å²) in [5, 5.41) is 2.94. The molecule has 94 valence electrons. The van der Waals surface area contributed by atoms with Gasteiger partial charge in [-0.3, -0.25) is 4.79 Å². The standard InChI is InChI=1S/C12H14N4OS/c13-8-9-12(15-5-4-14-9)18-10(8)11(17)16-6-7-2-1-3-7/h4-5,7H,1-3,6,13H2,(H,16,17). The molecule has 2 heterocycles. The minimum Gasteiger partial charge on any atom is -0.396 e. The maximum Gasteiger partial charge on any atom is 0.263 e. The highest BCUT2D eigenvalue weighted by atomic mass is 32.1. The molecule has 3 N–H and O–H groups in total. The Labute approximate surface area is 108 Å². The average molecular weight is 262 g/mol. The van der Waals surface area contributed by atoms with Gasteiger partial charge in [0, 0.05) is 18.9 Å². The Morgan fingerprint density at radius 1 is 1.44 bits per heavy atom. The lowest BCUT2D eigenvalue weighted by Crippen LogP contribution is -2.32. The number of anilines is 1. The molecule has 0 saturated heterocycles. The molecule has 2 aromatic rings. The van der Waals surface area contributed by atoms with E-state index in [1.807, 2.05) is 0 Å². The highest BCUT2D eigenvalue weighted by molar-refractivity contribution is 7.21. The van der Waals surface area contributed by atoms with E-state index in [0.717, 1.165) is 6.54 Å². The molecule has 1 amide bonds. The number of carbonyl (C=O) groups is 1. The van der Waals surface area contributed by atoms with Crippen molar-refractivity contribution in [1.29, 1.82) is 0 Å². The zero-order chi connectivity index (χ0) is 12.5. The van der Waals surface area contributed by atoms with Crippen molar-refractivity contribution in [2.45, 2.75) is 19.3 Å². The van der Waals surface area contributed by atoms with Crippen LogP contribution >= 0.6 is 11.3 Å². The molecule has 5 nitrogen and oxygen atoms in total. The zero-order valence-corrected chi connectivity index (χ0v) is 10.7. The Kier molecular flexibility index (Phi) is 2.87. The van der Waals surface area contributed by atoms with E-state index >= 15 is 0 Å². The summed E-state index contributed by atoms with van der Waals surface area (Å²) in [5.74, 6) is 0.532. The lowest BCUT2D eigenvalue weighted by Gasteiger charge is -2.25. The third-order valence-corrected chi connectivity index (χ3v) is 4.45. The molecule has 0 unspecified atom stereocenters. The van der Waals surface area contributed by atoms with Crippen LogP contribution in [0.15, 0.2) is 12.4 Å². The van der Waals surface area contributed by atoms with Gasteiger partial charge in [0.15, 0.2) is 0 Å². The van der Waals surface area contributed by atoms with E-state index in [0.29, 0.717) is 26.8 Å². The molecule has 0 bridgehead atoms. The number of carbonyl (C=O) groups excluding carboxylic acids is 1. The van der Waals surface area contributed by atoms with Crippen molar-refractivity contribution in [3.8, 4) is 0 Å². The fourth-order valence-corrected chi connectivity index (χ4v) is 2.96. The van der Waals surface area contributed by atoms with E-state index in [1.54, 1.807) is 12.4 Å². The van der Waals surface area contributed by atoms with Gasteiger partial charge in [0.1, 0.15) is 15.2 Å². The Hall–Kier alpha value is -1.69. The summed E-state index contributed by atoms with van der Waals surface area (Å²) < 4.78 is 0. The molecule has 18 heavy (non-hydrogen) atoms. The quantitative estimate of drug-likeness (QED) is 0.883. The van der Waals surface area contributed by atoms with Crippen molar-refractivity contribution in [2.24, 2.45) is 5.92 Å². The van der Waals surface area contributed by atoms with Crippen LogP contribution in [0.25, 0.3) is 10.3 Å². The summed E-state index contributed by atoms with van der Waals surface area (Å²) >= 11 is 1.30. The number of nitrogens with zero attached hydrogens (tertiary/aromatic N) is 2. The van der Waals surface area contributed by atoms with Crippen LogP contribution in [0.4, 0.5) is 5.69 Å². The number of nitrogens with two attached hydrogens (primary N) is 1. The number of amides is 1. The van der Waals surface area contributed by atoms with Crippen LogP contribution in [0.3, 0.4) is 0 Å². The fraction of sp³-hybridized carbons (Fsp3) is 0.417. The fourth-order valence-electron chi connectivity index (χ4n) is 2.03. The van der Waals surface area contributed by atoms with Crippen molar-refractivity contribution in [2.75, 3.05) is 12.3 Å². The van der Waals surface area contributed by atoms with E-state index in [4.69, 9.17) is 5.73 Å². The van der Waals surface area contributed by atoms with Gasteiger partial charge in [0.2, 0.25) is 0 Å². The summed E-state index contributed by atoms with van der Waals surface area (Å²) in [6.07, 6.45) is 6.89. The van der Waals surface area contributed by atoms with Crippen molar-refractivity contribution < 1.29 is 4.79 Å². The number of rotatable bonds is 3. The molecule has 1 aliphatic rings. The number of fused-ring (bicyclic) bond motifs is 1. The Morgan fingerprint density at radius 2 is 2.22 bits per heavy atom. The molecule has 1 fully saturated rings. The smallest absolute Gasteiger partial charge is 0.263 e. The molecular weight excluding hydrogens is 248 g/mol. The molecule has 6 heteroatoms. The Balaban J connectivity index is 1.80. The summed E-state index contributed by atoms with van der Waals surface area (Å²) in [4.78, 5) is 21.6. The number of hydrogen-bond acceptors (Lipinski definition) is 5. The maximum atomic E-state index is 12.0. The first-order chi connectivity index (χ1) is 8.75. The minimum absolute atomic E-state index is 0.107. The summed E-state index contributed by atoms with van der Waals surface area (Å²) in [5.41, 5.74) is 7.00. The molecule has 2 aromatic heterocycles. The summed E-state index contributed by atoms with van der Waals surface area (Å²) in [6.45, 7) is 0.743. The predicted molar refractivity (Wildman–Crippen MR) is 71.5 cm³/mol. The molecule has 0 aromatic carbocycles. The summed E-state index contributed by atoms with van der Waals surface area (Å²) in [6, 6.07) is 0. The normalized spacial score (nSPS) is 15.6. The molecule has 0 radical (unpaired) electrons. The largest absolute Gasteiger partial charge is 0.396 e. The minimum atomic E-state index is -0.107. The first kappa shape index (κ1) is 11.4. The van der Waals surface area contributed by atoms with Crippen LogP contribution in [0.1, 0.15) is 28.9 Å². The van der Waals surface area contributed by atoms with Gasteiger partial charge < -0.3 is 11.1 Å². The van der Waals surface area contributed by atoms with Crippen LogP contribution in [-0.4, -0.2) is 22.4 Å². The number of hydrogen-bond donors (Lipinski definition) is 2. The number of nitrogens with one attached hydrogen (secondary N) is 1. The third kappa shape index (κ3) is 1.92. The highest BCUT2D eigenvalue weighted by Gasteiger charge is 2.21. The monoisotopic (exact) mass is 262 g/mol. The molecule has 0 atom stereocenters. The summed E-state index contributed by atoms with van der Waals surface area (Å²) in [7, 11) is 0. The second-order valence-electron chi connectivity index (χ2n) is 4.56. The zero-order valence-electron chi connectivity index (χ0n) is 9.85. The number of aromatic nitrogens is 2. The van der Waals surface area contributed by atoms with E-state index in [-0.39, 0.29) is 5.91 Å². The van der Waals surface area contributed by atoms with Crippen molar-refractivity contribution in [1.82, 2.24) is 15.3 Å². The first-order valence-corrected chi connectivity index (χ1v) is 6.84. The van der Waals surface area contributed by atoms with Crippen LogP contribution < -0.4 is 11.1 Å². The lowest BCUT2D eigenvalue weighted by atomic mass is 9.85. The average Bonchev–Trinajstić information content (AvgIpc) is 2.65. The SMILES string of the molecule is Nc1c(C(=O)NCC2CCC2)sc2nccnc12. The second kappa shape index (κ2) is 4.53. The van der Waals surface area contributed by atoms with E-state index in [2.05, 4.69) is 15.3 Å². The van der Waals surface area contributed by atoms with Gasteiger partial charge in [-0.2, -0.15) is 0 Å². The number of thiophene rings is 1. The molecule has 1 aliphatic carbocycles.